The summed E-state index contributed by atoms with van der Waals surface area (Å²) >= 11 is 0. The van der Waals surface area contributed by atoms with E-state index in [9.17, 15) is 24.0 Å². The van der Waals surface area contributed by atoms with E-state index in [0.29, 0.717) is 62.4 Å². The standard InChI is InChI=1S/C33H47N5O6/c1-5-21(3)28-33(43)37-19-13-12-18-27(37)31(41)34-25(16-9-7-8-14-22(39)6-2)30(40)36-29(32(42)35-28)24-20-38(44-4)26-17-11-10-15-23(24)26/h10-11,15,17,20-21,25,27-29H,5-9,12-14,16,18-19H2,1-4H3,(H,34,41)(H,35,42)(H,36,40)/t21-,25-,27+,28-,29-/m0/s1. The van der Waals surface area contributed by atoms with Gasteiger partial charge in [-0.2, -0.15) is 4.73 Å². The summed E-state index contributed by atoms with van der Waals surface area (Å²) in [5.74, 6) is -1.63. The maximum absolute atomic E-state index is 14.2. The molecule has 2 fully saturated rings. The van der Waals surface area contributed by atoms with Crippen LogP contribution in [0.2, 0.25) is 0 Å². The Kier molecular flexibility index (Phi) is 11.4. The zero-order valence-electron chi connectivity index (χ0n) is 26.4. The minimum atomic E-state index is -1.15. The summed E-state index contributed by atoms with van der Waals surface area (Å²) < 4.78 is 1.53. The van der Waals surface area contributed by atoms with Crippen molar-refractivity contribution in [2.75, 3.05) is 13.7 Å². The van der Waals surface area contributed by atoms with Crippen molar-refractivity contribution < 1.29 is 28.8 Å². The number of Topliss-reactive ketones (excluding diaryl/α,β-unsaturated/α-hetero) is 1. The molecule has 2 saturated heterocycles. The summed E-state index contributed by atoms with van der Waals surface area (Å²) in [5, 5.41) is 9.55. The Bertz CT molecular complexity index is 1360. The van der Waals surface area contributed by atoms with Crippen LogP contribution in [-0.2, 0) is 24.0 Å². The van der Waals surface area contributed by atoms with Gasteiger partial charge < -0.3 is 25.7 Å². The molecule has 3 N–H and O–H groups in total. The van der Waals surface area contributed by atoms with E-state index in [2.05, 4.69) is 16.0 Å². The van der Waals surface area contributed by atoms with Gasteiger partial charge in [-0.15, -0.1) is 0 Å². The Balaban J connectivity index is 1.72. The van der Waals surface area contributed by atoms with Gasteiger partial charge in [-0.25, -0.2) is 0 Å². The van der Waals surface area contributed by atoms with E-state index >= 15 is 0 Å². The lowest BCUT2D eigenvalue weighted by molar-refractivity contribution is -0.147. The minimum absolute atomic E-state index is 0.198. The Labute approximate surface area is 259 Å². The van der Waals surface area contributed by atoms with Crippen molar-refractivity contribution >= 4 is 40.3 Å². The number of aromatic nitrogens is 1. The third-order valence-electron chi connectivity index (χ3n) is 9.11. The third kappa shape index (κ3) is 7.42. The lowest BCUT2D eigenvalue weighted by Crippen LogP contribution is -2.62. The van der Waals surface area contributed by atoms with Crippen molar-refractivity contribution in [3.05, 3.63) is 36.0 Å². The average Bonchev–Trinajstić information content (AvgIpc) is 3.42. The number of ketones is 1. The second kappa shape index (κ2) is 15.2. The normalized spacial score (nSPS) is 24.0. The molecule has 5 atom stereocenters. The summed E-state index contributed by atoms with van der Waals surface area (Å²) in [7, 11) is 1.52. The van der Waals surface area contributed by atoms with Gasteiger partial charge in [0.15, 0.2) is 0 Å². The first kappa shape index (κ1) is 33.0. The quantitative estimate of drug-likeness (QED) is 0.335. The highest BCUT2D eigenvalue weighted by Crippen LogP contribution is 2.28. The first-order chi connectivity index (χ1) is 21.2. The number of amides is 4. The van der Waals surface area contributed by atoms with Crippen molar-refractivity contribution in [1.82, 2.24) is 25.6 Å². The molecule has 3 heterocycles. The molecular weight excluding hydrogens is 562 g/mol. The Morgan fingerprint density at radius 2 is 1.75 bits per heavy atom. The van der Waals surface area contributed by atoms with Crippen LogP contribution in [0.3, 0.4) is 0 Å². The van der Waals surface area contributed by atoms with Gasteiger partial charge in [0.1, 0.15) is 37.1 Å². The molecular formula is C33H47N5O6. The molecule has 2 aromatic rings. The Morgan fingerprint density at radius 3 is 2.48 bits per heavy atom. The van der Waals surface area contributed by atoms with Gasteiger partial charge in [0.05, 0.1) is 11.7 Å². The van der Waals surface area contributed by atoms with Crippen LogP contribution in [0.25, 0.3) is 10.9 Å². The van der Waals surface area contributed by atoms with E-state index in [1.165, 1.54) is 11.8 Å². The maximum atomic E-state index is 14.2. The molecule has 1 aromatic carbocycles. The molecule has 0 unspecified atom stereocenters. The average molecular weight is 610 g/mol. The number of hydrogen-bond donors (Lipinski definition) is 3. The number of nitrogens with zero attached hydrogens (tertiary/aromatic N) is 2. The van der Waals surface area contributed by atoms with E-state index in [0.717, 1.165) is 24.8 Å². The zero-order chi connectivity index (χ0) is 31.8. The highest BCUT2D eigenvalue weighted by Gasteiger charge is 2.41. The largest absolute Gasteiger partial charge is 0.417 e. The number of unbranched alkanes of at least 4 members (excludes halogenated alkanes) is 2. The molecule has 11 nitrogen and oxygen atoms in total. The van der Waals surface area contributed by atoms with Crippen molar-refractivity contribution in [1.29, 1.82) is 0 Å². The van der Waals surface area contributed by atoms with Gasteiger partial charge in [-0.3, -0.25) is 24.0 Å². The molecule has 4 rings (SSSR count). The summed E-state index contributed by atoms with van der Waals surface area (Å²) in [6.07, 6.45) is 7.70. The fourth-order valence-electron chi connectivity index (χ4n) is 6.21. The van der Waals surface area contributed by atoms with Crippen molar-refractivity contribution in [3.8, 4) is 0 Å². The van der Waals surface area contributed by atoms with Crippen LogP contribution in [-0.4, -0.2) is 70.8 Å². The van der Waals surface area contributed by atoms with Gasteiger partial charge in [0.25, 0.3) is 0 Å². The molecule has 44 heavy (non-hydrogen) atoms. The smallest absolute Gasteiger partial charge is 0.247 e. The summed E-state index contributed by atoms with van der Waals surface area (Å²) in [5.41, 5.74) is 1.23. The molecule has 0 aliphatic carbocycles. The molecule has 11 heteroatoms. The SMILES string of the molecule is CCC(=O)CCCCC[C@@H]1NC(=O)[C@H]2CCCCN2C(=O)[C@H]([C@@H](C)CC)NC(=O)[C@H](c2cn(OC)c3ccccc23)NC1=O. The van der Waals surface area contributed by atoms with Crippen LogP contribution >= 0.6 is 0 Å². The predicted octanol–water partition coefficient (Wildman–Crippen LogP) is 3.20. The monoisotopic (exact) mass is 609 g/mol. The van der Waals surface area contributed by atoms with Gasteiger partial charge in [-0.05, 0) is 44.1 Å². The van der Waals surface area contributed by atoms with E-state index in [1.54, 1.807) is 11.1 Å². The zero-order valence-corrected chi connectivity index (χ0v) is 26.4. The number of carbonyl (C=O) groups is 5. The van der Waals surface area contributed by atoms with Crippen LogP contribution in [0.1, 0.15) is 96.6 Å². The van der Waals surface area contributed by atoms with Crippen LogP contribution in [0, 0.1) is 5.92 Å². The molecule has 0 saturated carbocycles. The van der Waals surface area contributed by atoms with E-state index in [4.69, 9.17) is 4.84 Å². The fraction of sp³-hybridized carbons (Fsp3) is 0.606. The maximum Gasteiger partial charge on any atom is 0.247 e. The lowest BCUT2D eigenvalue weighted by atomic mass is 9.93. The molecule has 0 bridgehead atoms. The lowest BCUT2D eigenvalue weighted by Gasteiger charge is -2.39. The predicted molar refractivity (Wildman–Crippen MR) is 166 cm³/mol. The highest BCUT2D eigenvalue weighted by atomic mass is 16.6. The summed E-state index contributed by atoms with van der Waals surface area (Å²) in [4.78, 5) is 74.7. The highest BCUT2D eigenvalue weighted by molar-refractivity contribution is 6.00. The van der Waals surface area contributed by atoms with Crippen LogP contribution in [0.5, 0.6) is 0 Å². The Morgan fingerprint density at radius 1 is 0.977 bits per heavy atom. The van der Waals surface area contributed by atoms with Crippen LogP contribution in [0.4, 0.5) is 0 Å². The number of para-hydroxylation sites is 1. The van der Waals surface area contributed by atoms with Crippen molar-refractivity contribution in [2.45, 2.75) is 109 Å². The Hall–Kier alpha value is -3.89. The molecule has 240 valence electrons. The topological polar surface area (TPSA) is 139 Å². The van der Waals surface area contributed by atoms with Gasteiger partial charge in [-0.1, -0.05) is 58.2 Å². The third-order valence-corrected chi connectivity index (χ3v) is 9.11. The summed E-state index contributed by atoms with van der Waals surface area (Å²) in [6, 6.07) is 3.75. The molecule has 1 aromatic heterocycles. The van der Waals surface area contributed by atoms with E-state index in [-0.39, 0.29) is 23.5 Å². The van der Waals surface area contributed by atoms with E-state index in [1.807, 2.05) is 45.0 Å². The first-order valence-electron chi connectivity index (χ1n) is 16.1. The van der Waals surface area contributed by atoms with Crippen molar-refractivity contribution in [2.24, 2.45) is 5.92 Å². The molecule has 4 amide bonds. The molecule has 2 aliphatic rings. The molecule has 0 radical (unpaired) electrons. The number of piperidine rings is 1. The second-order valence-electron chi connectivity index (χ2n) is 12.0. The van der Waals surface area contributed by atoms with Gasteiger partial charge >= 0.3 is 0 Å². The molecule has 2 aliphatic heterocycles. The fourth-order valence-corrected chi connectivity index (χ4v) is 6.21. The van der Waals surface area contributed by atoms with Crippen molar-refractivity contribution in [3.63, 3.8) is 0 Å². The van der Waals surface area contributed by atoms with Gasteiger partial charge in [0, 0.05) is 30.3 Å². The number of carbonyl (C=O) groups excluding carboxylic acids is 5. The minimum Gasteiger partial charge on any atom is -0.417 e. The number of nitrogens with one attached hydrogen (secondary N) is 3. The van der Waals surface area contributed by atoms with Crippen LogP contribution < -0.4 is 20.8 Å². The van der Waals surface area contributed by atoms with E-state index < -0.39 is 36.0 Å². The molecule has 0 spiro atoms. The summed E-state index contributed by atoms with van der Waals surface area (Å²) in [6.45, 7) is 6.11. The number of benzene rings is 1. The first-order valence-corrected chi connectivity index (χ1v) is 16.1. The second-order valence-corrected chi connectivity index (χ2v) is 12.0. The van der Waals surface area contributed by atoms with Gasteiger partial charge in [0.2, 0.25) is 23.6 Å². The number of fused-ring (bicyclic) bond motifs is 2. The van der Waals surface area contributed by atoms with Crippen LogP contribution in [0.15, 0.2) is 30.5 Å². The number of hydrogen-bond acceptors (Lipinski definition) is 6. The number of rotatable bonds is 11.